The summed E-state index contributed by atoms with van der Waals surface area (Å²) in [5, 5.41) is 0. The number of halogens is 1. The van der Waals surface area contributed by atoms with Gasteiger partial charge in [-0.15, -0.1) is 12.4 Å². The van der Waals surface area contributed by atoms with Gasteiger partial charge in [0.2, 0.25) is 0 Å². The van der Waals surface area contributed by atoms with Crippen molar-refractivity contribution in [1.82, 2.24) is 4.90 Å². The first-order valence-electron chi connectivity index (χ1n) is 7.21. The van der Waals surface area contributed by atoms with Crippen LogP contribution in [0, 0.1) is 5.92 Å². The molecule has 0 amide bonds. The Balaban J connectivity index is 0.00000220. The van der Waals surface area contributed by atoms with E-state index in [0.29, 0.717) is 6.61 Å². The molecule has 0 aliphatic heterocycles. The number of esters is 1. The topological polar surface area (TPSA) is 29.5 Å². The lowest BCUT2D eigenvalue weighted by atomic mass is 9.79. The lowest BCUT2D eigenvalue weighted by molar-refractivity contribution is -0.149. The normalized spacial score (nSPS) is 20.9. The van der Waals surface area contributed by atoms with Gasteiger partial charge in [0.05, 0.1) is 5.92 Å². The maximum Gasteiger partial charge on any atom is 0.309 e. The van der Waals surface area contributed by atoms with Crippen molar-refractivity contribution in [1.29, 1.82) is 0 Å². The number of ether oxygens (including phenoxy) is 1. The molecular weight excluding hydrogens is 286 g/mol. The van der Waals surface area contributed by atoms with Gasteiger partial charge in [-0.25, -0.2) is 0 Å². The maximum absolute atomic E-state index is 12.3. The fourth-order valence-corrected chi connectivity index (χ4v) is 2.55. The quantitative estimate of drug-likeness (QED) is 0.617. The number of likely N-dealkylation sites (N-methyl/N-ethyl adjacent to an activating group) is 1. The Morgan fingerprint density at radius 1 is 1.29 bits per heavy atom. The van der Waals surface area contributed by atoms with E-state index in [1.54, 1.807) is 0 Å². The monoisotopic (exact) mass is 309 g/mol. The summed E-state index contributed by atoms with van der Waals surface area (Å²) in [6, 6.07) is 10.2. The van der Waals surface area contributed by atoms with Gasteiger partial charge >= 0.3 is 5.97 Å². The number of benzene rings is 1. The van der Waals surface area contributed by atoms with E-state index in [-0.39, 0.29) is 30.2 Å². The Kier molecular flexibility index (Phi) is 7.48. The molecule has 3 nitrogen and oxygen atoms in total. The molecule has 2 unspecified atom stereocenters. The molecule has 1 aromatic rings. The van der Waals surface area contributed by atoms with Gasteiger partial charge < -0.3 is 9.64 Å². The highest BCUT2D eigenvalue weighted by atomic mass is 35.5. The first-order chi connectivity index (χ1) is 9.68. The number of rotatable bonds is 5. The van der Waals surface area contributed by atoms with E-state index in [1.807, 2.05) is 37.2 Å². The molecule has 2 atom stereocenters. The van der Waals surface area contributed by atoms with Crippen LogP contribution in [0.1, 0.15) is 24.3 Å². The minimum atomic E-state index is -0.0648. The number of carbonyl (C=O) groups is 1. The number of carbonyl (C=O) groups excluding carboxylic acids is 1. The molecule has 0 spiro atoms. The molecule has 2 rings (SSSR count). The predicted molar refractivity (Wildman–Crippen MR) is 87.8 cm³/mol. The van der Waals surface area contributed by atoms with Crippen molar-refractivity contribution in [2.24, 2.45) is 5.92 Å². The van der Waals surface area contributed by atoms with Gasteiger partial charge in [0.25, 0.3) is 0 Å². The van der Waals surface area contributed by atoms with Crippen molar-refractivity contribution in [2.75, 3.05) is 27.2 Å². The molecule has 1 aromatic carbocycles. The maximum atomic E-state index is 12.3. The highest BCUT2D eigenvalue weighted by Gasteiger charge is 2.30. The van der Waals surface area contributed by atoms with E-state index in [4.69, 9.17) is 4.74 Å². The Morgan fingerprint density at radius 2 is 2.00 bits per heavy atom. The van der Waals surface area contributed by atoms with Crippen molar-refractivity contribution >= 4 is 18.4 Å². The molecule has 0 aromatic heterocycles. The smallest absolute Gasteiger partial charge is 0.309 e. The predicted octanol–water partition coefficient (Wildman–Crippen LogP) is 3.26. The molecule has 0 N–H and O–H groups in total. The lowest BCUT2D eigenvalue weighted by Crippen LogP contribution is -2.28. The van der Waals surface area contributed by atoms with Gasteiger partial charge in [-0.3, -0.25) is 4.79 Å². The summed E-state index contributed by atoms with van der Waals surface area (Å²) in [6.45, 7) is 1.23. The third-order valence-corrected chi connectivity index (χ3v) is 3.69. The Hall–Kier alpha value is -1.32. The van der Waals surface area contributed by atoms with Crippen LogP contribution in [0.25, 0.3) is 0 Å². The van der Waals surface area contributed by atoms with E-state index in [9.17, 15) is 4.79 Å². The highest BCUT2D eigenvalue weighted by Crippen LogP contribution is 2.34. The summed E-state index contributed by atoms with van der Waals surface area (Å²) < 4.78 is 5.43. The second-order valence-corrected chi connectivity index (χ2v) is 5.52. The van der Waals surface area contributed by atoms with Crippen LogP contribution >= 0.6 is 12.4 Å². The van der Waals surface area contributed by atoms with E-state index in [0.717, 1.165) is 19.4 Å². The summed E-state index contributed by atoms with van der Waals surface area (Å²) in [4.78, 5) is 14.3. The first-order valence-corrected chi connectivity index (χ1v) is 7.21. The van der Waals surface area contributed by atoms with Crippen LogP contribution < -0.4 is 0 Å². The summed E-state index contributed by atoms with van der Waals surface area (Å²) in [5.74, 6) is 0.0337. The van der Waals surface area contributed by atoms with Crippen LogP contribution in [0.4, 0.5) is 0 Å². The molecule has 0 radical (unpaired) electrons. The first kappa shape index (κ1) is 17.7. The SMILES string of the molecule is CN(C)CCOC(=O)C1CCC=CC1c1ccccc1.Cl. The molecule has 0 saturated heterocycles. The van der Waals surface area contributed by atoms with Crippen molar-refractivity contribution < 1.29 is 9.53 Å². The minimum Gasteiger partial charge on any atom is -0.464 e. The summed E-state index contributed by atoms with van der Waals surface area (Å²) in [5.41, 5.74) is 1.19. The summed E-state index contributed by atoms with van der Waals surface area (Å²) in [6.07, 6.45) is 6.14. The fourth-order valence-electron chi connectivity index (χ4n) is 2.55. The van der Waals surface area contributed by atoms with Gasteiger partial charge in [-0.2, -0.15) is 0 Å². The van der Waals surface area contributed by atoms with Crippen LogP contribution in [0.5, 0.6) is 0 Å². The highest BCUT2D eigenvalue weighted by molar-refractivity contribution is 5.85. The van der Waals surface area contributed by atoms with E-state index >= 15 is 0 Å². The van der Waals surface area contributed by atoms with Crippen molar-refractivity contribution in [2.45, 2.75) is 18.8 Å². The molecule has 4 heteroatoms. The Morgan fingerprint density at radius 3 is 2.67 bits per heavy atom. The standard InChI is InChI=1S/C17H23NO2.ClH/c1-18(2)12-13-20-17(19)16-11-7-6-10-15(16)14-8-4-3-5-9-14;/h3-6,8-10,15-16H,7,11-13H2,1-2H3;1H. The van der Waals surface area contributed by atoms with Crippen LogP contribution in [0.2, 0.25) is 0 Å². The second-order valence-electron chi connectivity index (χ2n) is 5.52. The largest absolute Gasteiger partial charge is 0.464 e. The van der Waals surface area contributed by atoms with Crippen molar-refractivity contribution in [3.8, 4) is 0 Å². The molecule has 1 aliphatic rings. The number of hydrogen-bond acceptors (Lipinski definition) is 3. The van der Waals surface area contributed by atoms with Crippen LogP contribution in [0.15, 0.2) is 42.5 Å². The zero-order valence-electron chi connectivity index (χ0n) is 12.7. The van der Waals surface area contributed by atoms with Gasteiger partial charge in [0.1, 0.15) is 6.61 Å². The Bertz CT molecular complexity index is 459. The van der Waals surface area contributed by atoms with E-state index in [2.05, 4.69) is 24.3 Å². The van der Waals surface area contributed by atoms with E-state index in [1.165, 1.54) is 5.56 Å². The van der Waals surface area contributed by atoms with Crippen molar-refractivity contribution in [3.63, 3.8) is 0 Å². The molecular formula is C17H24ClNO2. The molecule has 0 bridgehead atoms. The third-order valence-electron chi connectivity index (χ3n) is 3.69. The number of nitrogens with zero attached hydrogens (tertiary/aromatic N) is 1. The summed E-state index contributed by atoms with van der Waals surface area (Å²) >= 11 is 0. The molecule has 116 valence electrons. The summed E-state index contributed by atoms with van der Waals surface area (Å²) in [7, 11) is 3.95. The van der Waals surface area contributed by atoms with Gasteiger partial charge in [-0.1, -0.05) is 42.5 Å². The van der Waals surface area contributed by atoms with E-state index < -0.39 is 0 Å². The van der Waals surface area contributed by atoms with Gasteiger partial charge in [0.15, 0.2) is 0 Å². The molecule has 1 aliphatic carbocycles. The number of allylic oxidation sites excluding steroid dienone is 2. The van der Waals surface area contributed by atoms with Gasteiger partial charge in [-0.05, 0) is 32.5 Å². The zero-order valence-corrected chi connectivity index (χ0v) is 13.5. The van der Waals surface area contributed by atoms with Crippen LogP contribution in [-0.4, -0.2) is 38.1 Å². The second kappa shape index (κ2) is 8.85. The molecule has 0 fully saturated rings. The Labute approximate surface area is 133 Å². The minimum absolute atomic E-state index is 0. The number of hydrogen-bond donors (Lipinski definition) is 0. The lowest BCUT2D eigenvalue weighted by Gasteiger charge is -2.26. The van der Waals surface area contributed by atoms with Crippen LogP contribution in [0.3, 0.4) is 0 Å². The average Bonchev–Trinajstić information content (AvgIpc) is 2.47. The van der Waals surface area contributed by atoms with Crippen molar-refractivity contribution in [3.05, 3.63) is 48.0 Å². The van der Waals surface area contributed by atoms with Gasteiger partial charge in [0, 0.05) is 12.5 Å². The fraction of sp³-hybridized carbons (Fsp3) is 0.471. The third kappa shape index (κ3) is 5.18. The molecule has 0 heterocycles. The average molecular weight is 310 g/mol. The molecule has 0 saturated carbocycles. The molecule has 21 heavy (non-hydrogen) atoms. The van der Waals surface area contributed by atoms with Crippen LogP contribution in [-0.2, 0) is 9.53 Å². The zero-order chi connectivity index (χ0) is 14.4.